The Bertz CT molecular complexity index is 716. The Balaban J connectivity index is 2.14. The van der Waals surface area contributed by atoms with Crippen LogP contribution < -0.4 is 4.74 Å². The smallest absolute Gasteiger partial charge is 0.326 e. The Morgan fingerprint density at radius 3 is 2.50 bits per heavy atom. The second-order valence-electron chi connectivity index (χ2n) is 4.90. The van der Waals surface area contributed by atoms with E-state index in [1.54, 1.807) is 12.1 Å². The van der Waals surface area contributed by atoms with Crippen molar-refractivity contribution in [3.63, 3.8) is 0 Å². The Hall–Kier alpha value is -2.27. The van der Waals surface area contributed by atoms with Crippen LogP contribution in [0, 0.1) is 0 Å². The average Bonchev–Trinajstić information content (AvgIpc) is 2.52. The number of amides is 1. The third-order valence-corrected chi connectivity index (χ3v) is 3.84. The number of carbonyl (C=O) groups excluding carboxylic acids is 1. The maximum Gasteiger partial charge on any atom is 0.326 e. The van der Waals surface area contributed by atoms with Crippen LogP contribution in [0.4, 0.5) is 0 Å². The molecule has 0 saturated carbocycles. The molecule has 0 aromatic heterocycles. The molecular formula is C16H16ClNO4. The van der Waals surface area contributed by atoms with Crippen LogP contribution in [-0.2, 0) is 9.59 Å². The van der Waals surface area contributed by atoms with Crippen molar-refractivity contribution in [3.8, 4) is 5.75 Å². The highest BCUT2D eigenvalue weighted by molar-refractivity contribution is 6.35. The largest absolute Gasteiger partial charge is 0.483 e. The quantitative estimate of drug-likeness (QED) is 0.919. The molecule has 0 bridgehead atoms. The van der Waals surface area contributed by atoms with E-state index in [2.05, 4.69) is 0 Å². The number of ether oxygens (including phenoxy) is 1. The third kappa shape index (κ3) is 3.31. The molecule has 0 aliphatic heterocycles. The number of carbonyl (C=O) groups is 2. The van der Waals surface area contributed by atoms with E-state index in [1.165, 1.54) is 14.0 Å². The molecule has 0 aliphatic carbocycles. The number of carboxylic acid groups (broad SMARTS) is 1. The van der Waals surface area contributed by atoms with Crippen molar-refractivity contribution in [1.29, 1.82) is 0 Å². The van der Waals surface area contributed by atoms with Gasteiger partial charge in [0.2, 0.25) is 0 Å². The van der Waals surface area contributed by atoms with Gasteiger partial charge in [0.1, 0.15) is 11.8 Å². The lowest BCUT2D eigenvalue weighted by atomic mass is 10.1. The minimum absolute atomic E-state index is 0.236. The lowest BCUT2D eigenvalue weighted by Crippen LogP contribution is -2.42. The summed E-state index contributed by atoms with van der Waals surface area (Å²) in [5.74, 6) is -0.938. The van der Waals surface area contributed by atoms with E-state index in [0.717, 1.165) is 15.7 Å². The summed E-state index contributed by atoms with van der Waals surface area (Å²) in [4.78, 5) is 24.0. The molecule has 0 aliphatic rings. The van der Waals surface area contributed by atoms with Crippen LogP contribution in [0.15, 0.2) is 36.4 Å². The summed E-state index contributed by atoms with van der Waals surface area (Å²) >= 11 is 6.12. The number of hydrogen-bond acceptors (Lipinski definition) is 3. The lowest BCUT2D eigenvalue weighted by molar-refractivity contribution is -0.148. The molecule has 0 fully saturated rings. The highest BCUT2D eigenvalue weighted by Crippen LogP contribution is 2.31. The number of hydrogen-bond donors (Lipinski definition) is 1. The fourth-order valence-corrected chi connectivity index (χ4v) is 2.21. The lowest BCUT2D eigenvalue weighted by Gasteiger charge is -2.21. The second-order valence-corrected chi connectivity index (χ2v) is 5.31. The Morgan fingerprint density at radius 1 is 1.23 bits per heavy atom. The Kier molecular flexibility index (Phi) is 4.88. The van der Waals surface area contributed by atoms with Crippen molar-refractivity contribution < 1.29 is 19.4 Å². The highest BCUT2D eigenvalue weighted by Gasteiger charge is 2.22. The first-order valence-electron chi connectivity index (χ1n) is 6.70. The molecule has 2 aromatic carbocycles. The summed E-state index contributed by atoms with van der Waals surface area (Å²) in [7, 11) is 1.43. The van der Waals surface area contributed by atoms with E-state index in [0.29, 0.717) is 10.8 Å². The molecule has 1 atom stereocenters. The van der Waals surface area contributed by atoms with E-state index in [4.69, 9.17) is 21.4 Å². The molecule has 1 unspecified atom stereocenters. The number of nitrogens with zero attached hydrogens (tertiary/aromatic N) is 1. The van der Waals surface area contributed by atoms with E-state index in [1.807, 2.05) is 24.3 Å². The number of aliphatic carboxylic acids is 1. The monoisotopic (exact) mass is 321 g/mol. The molecule has 2 aromatic rings. The summed E-state index contributed by atoms with van der Waals surface area (Å²) in [6, 6.07) is 9.93. The Morgan fingerprint density at radius 2 is 1.86 bits per heavy atom. The fraction of sp³-hybridized carbons (Fsp3) is 0.250. The predicted octanol–water partition coefficient (Wildman–Crippen LogP) is 2.80. The minimum Gasteiger partial charge on any atom is -0.483 e. The van der Waals surface area contributed by atoms with Gasteiger partial charge in [-0.1, -0.05) is 35.9 Å². The molecule has 0 saturated heterocycles. The van der Waals surface area contributed by atoms with Crippen LogP contribution in [0.5, 0.6) is 5.75 Å². The van der Waals surface area contributed by atoms with Gasteiger partial charge in [-0.2, -0.15) is 0 Å². The molecular weight excluding hydrogens is 306 g/mol. The molecule has 2 rings (SSSR count). The van der Waals surface area contributed by atoms with Crippen LogP contribution in [0.2, 0.25) is 5.02 Å². The maximum atomic E-state index is 12.0. The molecule has 0 spiro atoms. The molecule has 1 amide bonds. The SMILES string of the molecule is CC(C(=O)O)N(C)C(=O)COc1ccc(Cl)c2ccccc12. The van der Waals surface area contributed by atoms with Crippen molar-refractivity contribution in [2.45, 2.75) is 13.0 Å². The van der Waals surface area contributed by atoms with E-state index >= 15 is 0 Å². The normalized spacial score (nSPS) is 12.0. The van der Waals surface area contributed by atoms with Gasteiger partial charge in [-0.15, -0.1) is 0 Å². The molecule has 0 heterocycles. The topological polar surface area (TPSA) is 66.8 Å². The summed E-state index contributed by atoms with van der Waals surface area (Å²) in [6.07, 6.45) is 0. The fourth-order valence-electron chi connectivity index (χ4n) is 1.98. The highest BCUT2D eigenvalue weighted by atomic mass is 35.5. The van der Waals surface area contributed by atoms with Gasteiger partial charge < -0.3 is 14.7 Å². The van der Waals surface area contributed by atoms with Gasteiger partial charge in [0.15, 0.2) is 6.61 Å². The first-order chi connectivity index (χ1) is 10.4. The molecule has 6 heteroatoms. The van der Waals surface area contributed by atoms with Crippen LogP contribution in [0.3, 0.4) is 0 Å². The second kappa shape index (κ2) is 6.66. The maximum absolute atomic E-state index is 12.0. The van der Waals surface area contributed by atoms with Crippen molar-refractivity contribution >= 4 is 34.2 Å². The van der Waals surface area contributed by atoms with Crippen LogP contribution in [0.1, 0.15) is 6.92 Å². The zero-order chi connectivity index (χ0) is 16.3. The number of benzene rings is 2. The first-order valence-corrected chi connectivity index (χ1v) is 7.08. The van der Waals surface area contributed by atoms with E-state index < -0.39 is 17.9 Å². The molecule has 116 valence electrons. The zero-order valence-electron chi connectivity index (χ0n) is 12.2. The molecule has 22 heavy (non-hydrogen) atoms. The summed E-state index contributed by atoms with van der Waals surface area (Å²) < 4.78 is 5.54. The van der Waals surface area contributed by atoms with Gasteiger partial charge in [0, 0.05) is 22.8 Å². The van der Waals surface area contributed by atoms with Gasteiger partial charge in [-0.05, 0) is 19.1 Å². The van der Waals surface area contributed by atoms with E-state index in [9.17, 15) is 9.59 Å². The Labute approximate surface area is 133 Å². The summed E-state index contributed by atoms with van der Waals surface area (Å²) in [5, 5.41) is 11.1. The van der Waals surface area contributed by atoms with Gasteiger partial charge >= 0.3 is 5.97 Å². The van der Waals surface area contributed by atoms with Crippen LogP contribution >= 0.6 is 11.6 Å². The van der Waals surface area contributed by atoms with Gasteiger partial charge in [-0.3, -0.25) is 4.79 Å². The summed E-state index contributed by atoms with van der Waals surface area (Å²) in [6.45, 7) is 1.21. The molecule has 1 N–H and O–H groups in total. The minimum atomic E-state index is -1.06. The number of carboxylic acids is 1. The van der Waals surface area contributed by atoms with Crippen LogP contribution in [0.25, 0.3) is 10.8 Å². The van der Waals surface area contributed by atoms with Crippen molar-refractivity contribution in [2.75, 3.05) is 13.7 Å². The standard InChI is InChI=1S/C16H16ClNO4/c1-10(16(20)21)18(2)15(19)9-22-14-8-7-13(17)11-5-3-4-6-12(11)14/h3-8,10H,9H2,1-2H3,(H,20,21). The molecule has 5 nitrogen and oxygen atoms in total. The molecule has 0 radical (unpaired) electrons. The van der Waals surface area contributed by atoms with Crippen molar-refractivity contribution in [2.24, 2.45) is 0 Å². The number of halogens is 1. The number of fused-ring (bicyclic) bond motifs is 1. The predicted molar refractivity (Wildman–Crippen MR) is 84.3 cm³/mol. The van der Waals surface area contributed by atoms with Gasteiger partial charge in [-0.25, -0.2) is 4.79 Å². The number of likely N-dealkylation sites (N-methyl/N-ethyl adjacent to an activating group) is 1. The van der Waals surface area contributed by atoms with Crippen molar-refractivity contribution in [3.05, 3.63) is 41.4 Å². The zero-order valence-corrected chi connectivity index (χ0v) is 13.0. The summed E-state index contributed by atoms with van der Waals surface area (Å²) in [5.41, 5.74) is 0. The number of rotatable bonds is 5. The van der Waals surface area contributed by atoms with Gasteiger partial charge in [0.05, 0.1) is 0 Å². The first kappa shape index (κ1) is 16.1. The average molecular weight is 322 g/mol. The van der Waals surface area contributed by atoms with Gasteiger partial charge in [0.25, 0.3) is 5.91 Å². The third-order valence-electron chi connectivity index (χ3n) is 3.51. The van der Waals surface area contributed by atoms with E-state index in [-0.39, 0.29) is 6.61 Å². The van der Waals surface area contributed by atoms with Crippen LogP contribution in [-0.4, -0.2) is 41.6 Å². The van der Waals surface area contributed by atoms with Crippen molar-refractivity contribution in [1.82, 2.24) is 4.90 Å².